The van der Waals surface area contributed by atoms with E-state index in [0.717, 1.165) is 30.7 Å². The number of aryl methyl sites for hydroxylation is 1. The highest BCUT2D eigenvalue weighted by Gasteiger charge is 2.23. The maximum absolute atomic E-state index is 9.07. The van der Waals surface area contributed by atoms with E-state index in [0.29, 0.717) is 6.42 Å². The molecule has 1 saturated heterocycles. The zero-order valence-electron chi connectivity index (χ0n) is 10.6. The van der Waals surface area contributed by atoms with Crippen molar-refractivity contribution in [2.75, 3.05) is 26.2 Å². The van der Waals surface area contributed by atoms with E-state index in [2.05, 4.69) is 57.3 Å². The Bertz CT molecular complexity index is 447. The zero-order valence-corrected chi connectivity index (χ0v) is 12.2. The average molecular weight is 308 g/mol. The molecule has 1 aromatic carbocycles. The Kier molecular flexibility index (Phi) is 4.76. The summed E-state index contributed by atoms with van der Waals surface area (Å²) in [5.41, 5.74) is 2.46. The van der Waals surface area contributed by atoms with Gasteiger partial charge in [0, 0.05) is 36.7 Å². The van der Waals surface area contributed by atoms with Gasteiger partial charge in [0.2, 0.25) is 0 Å². The number of hydrogen-bond donors (Lipinski definition) is 1. The molecule has 1 aliphatic heterocycles. The van der Waals surface area contributed by atoms with Crippen LogP contribution in [0.1, 0.15) is 23.6 Å². The molecule has 0 aliphatic carbocycles. The largest absolute Gasteiger partial charge is 0.314 e. The van der Waals surface area contributed by atoms with E-state index in [1.54, 1.807) is 0 Å². The molecule has 0 amide bonds. The van der Waals surface area contributed by atoms with Crippen LogP contribution in [0, 0.1) is 18.3 Å². The summed E-state index contributed by atoms with van der Waals surface area (Å²) < 4.78 is 1.11. The molecule has 0 saturated carbocycles. The second-order valence-corrected chi connectivity index (χ2v) is 5.54. The average Bonchev–Trinajstić information content (AvgIpc) is 2.38. The van der Waals surface area contributed by atoms with Crippen LogP contribution in [0.3, 0.4) is 0 Å². The van der Waals surface area contributed by atoms with Crippen molar-refractivity contribution in [3.63, 3.8) is 0 Å². The van der Waals surface area contributed by atoms with Crippen molar-refractivity contribution in [2.24, 2.45) is 0 Å². The van der Waals surface area contributed by atoms with Crippen LogP contribution in [-0.2, 0) is 0 Å². The number of nitriles is 1. The van der Waals surface area contributed by atoms with E-state index >= 15 is 0 Å². The number of piperazine rings is 1. The van der Waals surface area contributed by atoms with Crippen LogP contribution < -0.4 is 5.32 Å². The molecule has 0 spiro atoms. The van der Waals surface area contributed by atoms with Crippen LogP contribution in [0.15, 0.2) is 22.7 Å². The molecule has 0 radical (unpaired) electrons. The SMILES string of the molecule is Cc1ccc([C@@H](CC#N)N2CCNCC2)c(Br)c1. The highest BCUT2D eigenvalue weighted by molar-refractivity contribution is 9.10. The van der Waals surface area contributed by atoms with Gasteiger partial charge in [-0.15, -0.1) is 0 Å². The Morgan fingerprint density at radius 1 is 1.44 bits per heavy atom. The Balaban J connectivity index is 2.25. The van der Waals surface area contributed by atoms with Crippen LogP contribution in [0.4, 0.5) is 0 Å². The molecule has 1 heterocycles. The van der Waals surface area contributed by atoms with Crippen LogP contribution in [0.2, 0.25) is 0 Å². The fraction of sp³-hybridized carbons (Fsp3) is 0.500. The number of halogens is 1. The summed E-state index contributed by atoms with van der Waals surface area (Å²) in [4.78, 5) is 2.40. The lowest BCUT2D eigenvalue weighted by atomic mass is 10.0. The van der Waals surface area contributed by atoms with Crippen molar-refractivity contribution >= 4 is 15.9 Å². The van der Waals surface area contributed by atoms with Crippen molar-refractivity contribution < 1.29 is 0 Å². The first-order valence-corrected chi connectivity index (χ1v) is 7.09. The Morgan fingerprint density at radius 3 is 2.78 bits per heavy atom. The zero-order chi connectivity index (χ0) is 13.0. The monoisotopic (exact) mass is 307 g/mol. The van der Waals surface area contributed by atoms with Crippen molar-refractivity contribution in [1.29, 1.82) is 5.26 Å². The summed E-state index contributed by atoms with van der Waals surface area (Å²) in [7, 11) is 0. The van der Waals surface area contributed by atoms with E-state index in [1.165, 1.54) is 11.1 Å². The fourth-order valence-electron chi connectivity index (χ4n) is 2.42. The van der Waals surface area contributed by atoms with E-state index < -0.39 is 0 Å². The Labute approximate surface area is 117 Å². The molecule has 4 heteroatoms. The molecular weight excluding hydrogens is 290 g/mol. The van der Waals surface area contributed by atoms with E-state index in [1.807, 2.05) is 0 Å². The molecule has 18 heavy (non-hydrogen) atoms. The summed E-state index contributed by atoms with van der Waals surface area (Å²) in [6, 6.07) is 8.91. The van der Waals surface area contributed by atoms with Gasteiger partial charge in [0.25, 0.3) is 0 Å². The Hall–Kier alpha value is -0.890. The smallest absolute Gasteiger partial charge is 0.0641 e. The van der Waals surface area contributed by atoms with Crippen LogP contribution in [-0.4, -0.2) is 31.1 Å². The van der Waals surface area contributed by atoms with Gasteiger partial charge in [-0.25, -0.2) is 0 Å². The van der Waals surface area contributed by atoms with E-state index in [9.17, 15) is 0 Å². The fourth-order valence-corrected chi connectivity index (χ4v) is 3.18. The van der Waals surface area contributed by atoms with Gasteiger partial charge >= 0.3 is 0 Å². The van der Waals surface area contributed by atoms with Gasteiger partial charge in [0.05, 0.1) is 12.5 Å². The third-order valence-electron chi connectivity index (χ3n) is 3.39. The molecule has 0 aromatic heterocycles. The second kappa shape index (κ2) is 6.33. The molecule has 1 aromatic rings. The molecule has 96 valence electrons. The predicted molar refractivity (Wildman–Crippen MR) is 76.3 cm³/mol. The lowest BCUT2D eigenvalue weighted by molar-refractivity contribution is 0.175. The quantitative estimate of drug-likeness (QED) is 0.933. The first-order valence-electron chi connectivity index (χ1n) is 6.30. The molecule has 1 atom stereocenters. The lowest BCUT2D eigenvalue weighted by Crippen LogP contribution is -2.45. The molecule has 1 aliphatic rings. The number of benzene rings is 1. The summed E-state index contributed by atoms with van der Waals surface area (Å²) >= 11 is 3.63. The number of nitrogens with zero attached hydrogens (tertiary/aromatic N) is 2. The van der Waals surface area contributed by atoms with Crippen LogP contribution in [0.5, 0.6) is 0 Å². The lowest BCUT2D eigenvalue weighted by Gasteiger charge is -2.34. The highest BCUT2D eigenvalue weighted by Crippen LogP contribution is 2.31. The van der Waals surface area contributed by atoms with Gasteiger partial charge in [-0.3, -0.25) is 4.90 Å². The highest BCUT2D eigenvalue weighted by atomic mass is 79.9. The van der Waals surface area contributed by atoms with E-state index in [-0.39, 0.29) is 6.04 Å². The first-order chi connectivity index (χ1) is 8.72. The molecule has 1 fully saturated rings. The topological polar surface area (TPSA) is 39.1 Å². The van der Waals surface area contributed by atoms with Gasteiger partial charge < -0.3 is 5.32 Å². The normalized spacial score (nSPS) is 18.3. The van der Waals surface area contributed by atoms with Crippen molar-refractivity contribution in [3.8, 4) is 6.07 Å². The molecule has 0 bridgehead atoms. The third kappa shape index (κ3) is 3.11. The minimum atomic E-state index is 0.201. The van der Waals surface area contributed by atoms with Crippen molar-refractivity contribution in [1.82, 2.24) is 10.2 Å². The summed E-state index contributed by atoms with van der Waals surface area (Å²) in [6.45, 7) is 6.11. The van der Waals surface area contributed by atoms with Crippen LogP contribution >= 0.6 is 15.9 Å². The molecule has 0 unspecified atom stereocenters. The van der Waals surface area contributed by atoms with Gasteiger partial charge in [-0.2, -0.15) is 5.26 Å². The summed E-state index contributed by atoms with van der Waals surface area (Å²) in [5, 5.41) is 12.4. The minimum Gasteiger partial charge on any atom is -0.314 e. The summed E-state index contributed by atoms with van der Waals surface area (Å²) in [5.74, 6) is 0. The van der Waals surface area contributed by atoms with Crippen LogP contribution in [0.25, 0.3) is 0 Å². The molecule has 1 N–H and O–H groups in total. The number of hydrogen-bond acceptors (Lipinski definition) is 3. The maximum Gasteiger partial charge on any atom is 0.0641 e. The summed E-state index contributed by atoms with van der Waals surface area (Å²) in [6.07, 6.45) is 0.543. The van der Waals surface area contributed by atoms with Gasteiger partial charge in [-0.1, -0.05) is 28.1 Å². The molecule has 3 nitrogen and oxygen atoms in total. The van der Waals surface area contributed by atoms with Gasteiger partial charge in [0.15, 0.2) is 0 Å². The number of nitrogens with one attached hydrogen (secondary N) is 1. The van der Waals surface area contributed by atoms with E-state index in [4.69, 9.17) is 5.26 Å². The predicted octanol–water partition coefficient (Wildman–Crippen LogP) is 2.62. The number of rotatable bonds is 3. The molecule has 2 rings (SSSR count). The van der Waals surface area contributed by atoms with Crippen molar-refractivity contribution in [3.05, 3.63) is 33.8 Å². The minimum absolute atomic E-state index is 0.201. The maximum atomic E-state index is 9.07. The molecular formula is C14H18BrN3. The van der Waals surface area contributed by atoms with Gasteiger partial charge in [0.1, 0.15) is 0 Å². The first kappa shape index (κ1) is 13.5. The Morgan fingerprint density at radius 2 is 2.17 bits per heavy atom. The third-order valence-corrected chi connectivity index (χ3v) is 4.08. The van der Waals surface area contributed by atoms with Crippen molar-refractivity contribution in [2.45, 2.75) is 19.4 Å². The second-order valence-electron chi connectivity index (χ2n) is 4.69. The van der Waals surface area contributed by atoms with Gasteiger partial charge in [-0.05, 0) is 24.1 Å². The standard InChI is InChI=1S/C14H18BrN3/c1-11-2-3-12(13(15)10-11)14(4-5-16)18-8-6-17-7-9-18/h2-3,10,14,17H,4,6-9H2,1H3/t14-/m1/s1.